The van der Waals surface area contributed by atoms with Crippen LogP contribution in [0.3, 0.4) is 0 Å². The first kappa shape index (κ1) is 20.0. The summed E-state index contributed by atoms with van der Waals surface area (Å²) in [4.78, 5) is 2.44. The van der Waals surface area contributed by atoms with Crippen LogP contribution in [0, 0.1) is 0 Å². The molecule has 4 N–H and O–H groups in total. The molecule has 0 bridgehead atoms. The fraction of sp³-hybridized carbons (Fsp3) is 0.429. The van der Waals surface area contributed by atoms with Crippen LogP contribution in [0.4, 0.5) is 0 Å². The zero-order valence-electron chi connectivity index (χ0n) is 15.5. The topological polar surface area (TPSA) is 90.2 Å². The van der Waals surface area contributed by atoms with E-state index in [1.165, 1.54) is 31.6 Å². The first-order chi connectivity index (χ1) is 14.0. The summed E-state index contributed by atoms with van der Waals surface area (Å²) >= 11 is 4.72. The molecule has 2 aliphatic heterocycles. The molecule has 5 rings (SSSR count). The maximum Gasteiger partial charge on any atom is 0.169 e. The summed E-state index contributed by atoms with van der Waals surface area (Å²) in [5.41, 5.74) is 0.867. The number of aliphatic hydroxyl groups is 4. The number of rotatable bonds is 3. The molecule has 0 unspecified atom stereocenters. The van der Waals surface area contributed by atoms with Crippen molar-refractivity contribution in [2.75, 3.05) is 13.2 Å². The Morgan fingerprint density at radius 2 is 1.83 bits per heavy atom. The highest BCUT2D eigenvalue weighted by Gasteiger charge is 2.57. The van der Waals surface area contributed by atoms with E-state index in [0.29, 0.717) is 6.61 Å². The number of hydrogen-bond donors (Lipinski definition) is 4. The average molecular weight is 451 g/mol. The predicted octanol–water partition coefficient (Wildman–Crippen LogP) is 2.47. The number of thioether (sulfide) groups is 1. The number of hydrogen-bond acceptors (Lipinski definition) is 8. The molecule has 2 aromatic heterocycles. The fourth-order valence-corrected chi connectivity index (χ4v) is 8.24. The van der Waals surface area contributed by atoms with Gasteiger partial charge in [0.15, 0.2) is 4.93 Å². The monoisotopic (exact) mass is 450 g/mol. The Morgan fingerprint density at radius 1 is 1.03 bits per heavy atom. The Labute approximate surface area is 180 Å². The van der Waals surface area contributed by atoms with Gasteiger partial charge in [-0.3, -0.25) is 0 Å². The van der Waals surface area contributed by atoms with Gasteiger partial charge in [-0.25, -0.2) is 0 Å². The van der Waals surface area contributed by atoms with Crippen LogP contribution in [-0.2, 0) is 22.5 Å². The second-order valence-electron chi connectivity index (χ2n) is 7.51. The van der Waals surface area contributed by atoms with Crippen molar-refractivity contribution in [3.05, 3.63) is 56.6 Å². The lowest BCUT2D eigenvalue weighted by Crippen LogP contribution is -2.60. The van der Waals surface area contributed by atoms with Crippen LogP contribution in [0.1, 0.15) is 20.2 Å². The lowest BCUT2D eigenvalue weighted by Gasteiger charge is -2.49. The Balaban J connectivity index is 1.50. The van der Waals surface area contributed by atoms with E-state index in [-0.39, 0.29) is 6.61 Å². The van der Waals surface area contributed by atoms with Gasteiger partial charge in [0.25, 0.3) is 0 Å². The van der Waals surface area contributed by atoms with Gasteiger partial charge in [-0.2, -0.15) is 0 Å². The van der Waals surface area contributed by atoms with Crippen molar-refractivity contribution >= 4 is 44.5 Å². The molecule has 154 valence electrons. The molecular formula is C21H22O5S3. The van der Waals surface area contributed by atoms with Crippen molar-refractivity contribution in [3.63, 3.8) is 0 Å². The second-order valence-corrected chi connectivity index (χ2v) is 11.3. The molecule has 29 heavy (non-hydrogen) atoms. The van der Waals surface area contributed by atoms with E-state index in [4.69, 9.17) is 4.74 Å². The van der Waals surface area contributed by atoms with Crippen LogP contribution in [-0.4, -0.2) is 57.2 Å². The number of thiophene rings is 2. The molecule has 0 amide bonds. The van der Waals surface area contributed by atoms with Crippen molar-refractivity contribution in [1.29, 1.82) is 0 Å². The van der Waals surface area contributed by atoms with Crippen molar-refractivity contribution in [1.82, 2.24) is 0 Å². The van der Waals surface area contributed by atoms with Gasteiger partial charge in [-0.05, 0) is 23.6 Å². The zero-order chi connectivity index (χ0) is 20.2. The molecule has 1 spiro atoms. The molecule has 2 aliphatic rings. The lowest BCUT2D eigenvalue weighted by atomic mass is 9.92. The molecule has 3 aromatic rings. The highest BCUT2D eigenvalue weighted by molar-refractivity contribution is 8.00. The van der Waals surface area contributed by atoms with Crippen LogP contribution in [0.25, 0.3) is 10.1 Å². The number of aliphatic hydroxyl groups excluding tert-OH is 4. The van der Waals surface area contributed by atoms with Gasteiger partial charge in [0.05, 0.1) is 24.6 Å². The highest BCUT2D eigenvalue weighted by Crippen LogP contribution is 2.53. The predicted molar refractivity (Wildman–Crippen MR) is 117 cm³/mol. The van der Waals surface area contributed by atoms with Gasteiger partial charge in [-0.1, -0.05) is 18.2 Å². The summed E-state index contributed by atoms with van der Waals surface area (Å²) in [6, 6.07) is 12.6. The molecule has 8 heteroatoms. The molecule has 5 nitrogen and oxygen atoms in total. The molecule has 1 saturated heterocycles. The van der Waals surface area contributed by atoms with Gasteiger partial charge in [0.2, 0.25) is 0 Å². The minimum absolute atomic E-state index is 0.297. The van der Waals surface area contributed by atoms with E-state index in [9.17, 15) is 20.4 Å². The molecule has 1 fully saturated rings. The normalized spacial score (nSPS) is 32.0. The van der Waals surface area contributed by atoms with E-state index < -0.39 is 28.5 Å². The van der Waals surface area contributed by atoms with Gasteiger partial charge in [-0.15, -0.1) is 34.4 Å². The van der Waals surface area contributed by atoms with Crippen LogP contribution in [0.15, 0.2) is 36.4 Å². The number of fused-ring (bicyclic) bond motifs is 3. The van der Waals surface area contributed by atoms with Gasteiger partial charge in [0, 0.05) is 37.7 Å². The third-order valence-corrected chi connectivity index (χ3v) is 9.63. The summed E-state index contributed by atoms with van der Waals surface area (Å²) in [5, 5.41) is 41.8. The molecular weight excluding hydrogens is 428 g/mol. The summed E-state index contributed by atoms with van der Waals surface area (Å²) in [6.45, 7) is 0.135. The van der Waals surface area contributed by atoms with E-state index in [1.54, 1.807) is 22.7 Å². The number of benzene rings is 1. The van der Waals surface area contributed by atoms with Crippen molar-refractivity contribution < 1.29 is 25.2 Å². The summed E-state index contributed by atoms with van der Waals surface area (Å²) in [7, 11) is 0. The molecule has 0 aliphatic carbocycles. The van der Waals surface area contributed by atoms with Gasteiger partial charge >= 0.3 is 0 Å². The van der Waals surface area contributed by atoms with Crippen molar-refractivity contribution in [3.8, 4) is 0 Å². The molecule has 4 heterocycles. The van der Waals surface area contributed by atoms with E-state index in [1.807, 2.05) is 12.1 Å². The maximum absolute atomic E-state index is 10.8. The van der Waals surface area contributed by atoms with Crippen LogP contribution < -0.4 is 0 Å². The molecule has 5 atom stereocenters. The Morgan fingerprint density at radius 3 is 2.62 bits per heavy atom. The van der Waals surface area contributed by atoms with Crippen LogP contribution in [0.2, 0.25) is 0 Å². The van der Waals surface area contributed by atoms with E-state index in [0.717, 1.165) is 23.3 Å². The second kappa shape index (κ2) is 7.62. The largest absolute Gasteiger partial charge is 0.395 e. The standard InChI is InChI=1S/C21H22O5S3/c22-10-17-18(23)19(24)20(25)21(29-17)14-9-13(28-16(14)5-6-26-21)8-12-7-11-3-1-2-4-15(11)27-12/h1-4,7,9,17-20,22-25H,5-6,8,10H2/t17-,18-,19+,20-,21+/m1/s1. The SMILES string of the molecule is OC[C@H]1S[C@]2(OCCc3sc(Cc4cc5ccccc5s4)cc32)[C@H](O)[C@@H](O)[C@@H]1O. The Bertz CT molecular complexity index is 995. The molecule has 0 saturated carbocycles. The first-order valence-corrected chi connectivity index (χ1v) is 12.1. The van der Waals surface area contributed by atoms with Crippen LogP contribution >= 0.6 is 34.4 Å². The van der Waals surface area contributed by atoms with Gasteiger partial charge in [0.1, 0.15) is 12.2 Å². The van der Waals surface area contributed by atoms with E-state index in [2.05, 4.69) is 24.3 Å². The third-order valence-electron chi connectivity index (χ3n) is 5.66. The minimum Gasteiger partial charge on any atom is -0.395 e. The summed E-state index contributed by atoms with van der Waals surface area (Å²) in [5.74, 6) is 0. The smallest absolute Gasteiger partial charge is 0.169 e. The lowest BCUT2D eigenvalue weighted by molar-refractivity contribution is -0.155. The Kier molecular flexibility index (Phi) is 5.24. The highest BCUT2D eigenvalue weighted by atomic mass is 32.2. The van der Waals surface area contributed by atoms with E-state index >= 15 is 0 Å². The molecule has 1 aromatic carbocycles. The molecule has 0 radical (unpaired) electrons. The summed E-state index contributed by atoms with van der Waals surface area (Å²) in [6.07, 6.45) is -2.27. The first-order valence-electron chi connectivity index (χ1n) is 9.58. The van der Waals surface area contributed by atoms with Crippen molar-refractivity contribution in [2.24, 2.45) is 0 Å². The fourth-order valence-electron chi connectivity index (χ4n) is 4.20. The minimum atomic E-state index is -1.37. The number of ether oxygens (including phenoxy) is 1. The maximum atomic E-state index is 10.8. The quantitative estimate of drug-likeness (QED) is 0.490. The van der Waals surface area contributed by atoms with Crippen LogP contribution in [0.5, 0.6) is 0 Å². The van der Waals surface area contributed by atoms with Crippen molar-refractivity contribution in [2.45, 2.75) is 41.3 Å². The Hall–Kier alpha value is -0.970. The average Bonchev–Trinajstić information content (AvgIpc) is 3.33. The zero-order valence-corrected chi connectivity index (χ0v) is 18.0. The summed E-state index contributed by atoms with van der Waals surface area (Å²) < 4.78 is 7.32. The van der Waals surface area contributed by atoms with Gasteiger partial charge < -0.3 is 25.2 Å². The third kappa shape index (κ3) is 3.26.